The zero-order valence-corrected chi connectivity index (χ0v) is 11.1. The highest BCUT2D eigenvalue weighted by Crippen LogP contribution is 2.35. The normalized spacial score (nSPS) is 17.8. The predicted octanol–water partition coefficient (Wildman–Crippen LogP) is 3.33. The largest absolute Gasteiger partial charge is 0.478 e. The van der Waals surface area contributed by atoms with Crippen LogP contribution in [0.3, 0.4) is 0 Å². The van der Waals surface area contributed by atoms with Gasteiger partial charge in [0, 0.05) is 17.3 Å². The summed E-state index contributed by atoms with van der Waals surface area (Å²) >= 11 is 1.78. The monoisotopic (exact) mass is 274 g/mol. The van der Waals surface area contributed by atoms with Gasteiger partial charge in [0.15, 0.2) is 0 Å². The van der Waals surface area contributed by atoms with E-state index < -0.39 is 5.97 Å². The number of anilines is 1. The zero-order valence-electron chi connectivity index (χ0n) is 10.3. The van der Waals surface area contributed by atoms with Crippen LogP contribution in [0.4, 0.5) is 5.69 Å². The molecule has 1 aliphatic carbocycles. The number of nitrogens with one attached hydrogen (secondary N) is 1. The molecule has 0 radical (unpaired) electrons. The summed E-state index contributed by atoms with van der Waals surface area (Å²) in [5.74, 6) is -0.947. The minimum Gasteiger partial charge on any atom is -0.478 e. The molecule has 5 heteroatoms. The minimum absolute atomic E-state index is 0.204. The lowest BCUT2D eigenvalue weighted by molar-refractivity contribution is 0.0697. The Labute approximate surface area is 115 Å². The third-order valence-electron chi connectivity index (χ3n) is 3.43. The van der Waals surface area contributed by atoms with Crippen LogP contribution in [0.15, 0.2) is 29.9 Å². The van der Waals surface area contributed by atoms with Gasteiger partial charge in [0.1, 0.15) is 5.56 Å². The van der Waals surface area contributed by atoms with Gasteiger partial charge in [-0.05, 0) is 42.3 Å². The first kappa shape index (κ1) is 12.2. The number of aromatic nitrogens is 1. The molecule has 2 aromatic rings. The highest BCUT2D eigenvalue weighted by molar-refractivity contribution is 7.10. The van der Waals surface area contributed by atoms with Gasteiger partial charge in [0.2, 0.25) is 0 Å². The van der Waals surface area contributed by atoms with Crippen LogP contribution in [-0.2, 0) is 6.42 Å². The molecule has 2 aromatic heterocycles. The second-order valence-corrected chi connectivity index (χ2v) is 5.62. The van der Waals surface area contributed by atoms with Gasteiger partial charge in [-0.15, -0.1) is 11.3 Å². The number of rotatable bonds is 3. The maximum Gasteiger partial charge on any atom is 0.339 e. The number of pyridine rings is 1. The smallest absolute Gasteiger partial charge is 0.339 e. The number of fused-ring (bicyclic) bond motifs is 1. The average Bonchev–Trinajstić information content (AvgIpc) is 2.88. The van der Waals surface area contributed by atoms with Gasteiger partial charge in [-0.1, -0.05) is 0 Å². The molecular weight excluding hydrogens is 260 g/mol. The number of carbonyl (C=O) groups is 1. The van der Waals surface area contributed by atoms with Crippen molar-refractivity contribution in [2.24, 2.45) is 0 Å². The van der Waals surface area contributed by atoms with E-state index >= 15 is 0 Å². The Kier molecular flexibility index (Phi) is 3.21. The van der Waals surface area contributed by atoms with Gasteiger partial charge in [-0.3, -0.25) is 4.98 Å². The first-order valence-electron chi connectivity index (χ1n) is 6.26. The molecule has 2 N–H and O–H groups in total. The van der Waals surface area contributed by atoms with Crippen LogP contribution in [0.25, 0.3) is 0 Å². The van der Waals surface area contributed by atoms with Crippen molar-refractivity contribution < 1.29 is 9.90 Å². The number of hydrogen-bond acceptors (Lipinski definition) is 4. The standard InChI is InChI=1S/C14H14N2O2S/c17-14(18)10-8-15-6-4-12(10)16-11-2-1-3-13-9(11)5-7-19-13/h4-8,11H,1-3H2,(H,15,16)(H,17,18). The molecule has 98 valence electrons. The molecule has 0 amide bonds. The van der Waals surface area contributed by atoms with Crippen LogP contribution in [-0.4, -0.2) is 16.1 Å². The van der Waals surface area contributed by atoms with E-state index in [-0.39, 0.29) is 11.6 Å². The van der Waals surface area contributed by atoms with E-state index in [1.807, 2.05) is 0 Å². The number of aryl methyl sites for hydroxylation is 1. The van der Waals surface area contributed by atoms with Crippen molar-refractivity contribution in [3.63, 3.8) is 0 Å². The molecule has 0 aromatic carbocycles. The van der Waals surface area contributed by atoms with Crippen molar-refractivity contribution >= 4 is 23.0 Å². The summed E-state index contributed by atoms with van der Waals surface area (Å²) in [7, 11) is 0. The van der Waals surface area contributed by atoms with Gasteiger partial charge in [0.05, 0.1) is 11.7 Å². The predicted molar refractivity (Wildman–Crippen MR) is 74.8 cm³/mol. The SMILES string of the molecule is O=C(O)c1cnccc1NC1CCCc2sccc21. The van der Waals surface area contributed by atoms with E-state index in [9.17, 15) is 9.90 Å². The van der Waals surface area contributed by atoms with Gasteiger partial charge < -0.3 is 10.4 Å². The highest BCUT2D eigenvalue weighted by Gasteiger charge is 2.22. The molecule has 1 aliphatic rings. The first-order valence-corrected chi connectivity index (χ1v) is 7.14. The summed E-state index contributed by atoms with van der Waals surface area (Å²) in [5.41, 5.74) is 2.18. The maximum atomic E-state index is 11.2. The Morgan fingerprint density at radius 3 is 3.21 bits per heavy atom. The fourth-order valence-corrected chi connectivity index (χ4v) is 3.50. The second kappa shape index (κ2) is 5.01. The Morgan fingerprint density at radius 2 is 2.37 bits per heavy atom. The Hall–Kier alpha value is -1.88. The van der Waals surface area contributed by atoms with Crippen molar-refractivity contribution in [2.45, 2.75) is 25.3 Å². The Bertz CT molecular complexity index is 609. The van der Waals surface area contributed by atoms with Crippen LogP contribution in [0.5, 0.6) is 0 Å². The second-order valence-electron chi connectivity index (χ2n) is 4.61. The fraction of sp³-hybridized carbons (Fsp3) is 0.286. The molecule has 1 atom stereocenters. The third-order valence-corrected chi connectivity index (χ3v) is 4.43. The van der Waals surface area contributed by atoms with Crippen molar-refractivity contribution in [3.8, 4) is 0 Å². The average molecular weight is 274 g/mol. The number of nitrogens with zero attached hydrogens (tertiary/aromatic N) is 1. The number of hydrogen-bond donors (Lipinski definition) is 2. The van der Waals surface area contributed by atoms with Crippen LogP contribution < -0.4 is 5.32 Å². The quantitative estimate of drug-likeness (QED) is 0.901. The van der Waals surface area contributed by atoms with Gasteiger partial charge in [0.25, 0.3) is 0 Å². The number of carboxylic acids is 1. The molecule has 0 spiro atoms. The lowest BCUT2D eigenvalue weighted by atomic mass is 9.93. The zero-order chi connectivity index (χ0) is 13.2. The molecule has 0 bridgehead atoms. The molecule has 0 aliphatic heterocycles. The molecule has 4 nitrogen and oxygen atoms in total. The Balaban J connectivity index is 1.90. The van der Waals surface area contributed by atoms with E-state index in [0.29, 0.717) is 5.69 Å². The van der Waals surface area contributed by atoms with Crippen molar-refractivity contribution in [1.82, 2.24) is 4.98 Å². The summed E-state index contributed by atoms with van der Waals surface area (Å²) in [6.45, 7) is 0. The van der Waals surface area contributed by atoms with Gasteiger partial charge in [-0.25, -0.2) is 4.79 Å². The number of thiophene rings is 1. The summed E-state index contributed by atoms with van der Waals surface area (Å²) in [6.07, 6.45) is 6.31. The van der Waals surface area contributed by atoms with Crippen LogP contribution >= 0.6 is 11.3 Å². The lowest BCUT2D eigenvalue weighted by Crippen LogP contribution is -2.17. The minimum atomic E-state index is -0.947. The molecule has 2 heterocycles. The van der Waals surface area contributed by atoms with E-state index in [0.717, 1.165) is 19.3 Å². The fourth-order valence-electron chi connectivity index (χ4n) is 2.51. The van der Waals surface area contributed by atoms with Gasteiger partial charge >= 0.3 is 5.97 Å². The molecule has 3 rings (SSSR count). The number of carboxylic acid groups (broad SMARTS) is 1. The van der Waals surface area contributed by atoms with E-state index in [1.54, 1.807) is 23.6 Å². The molecule has 0 saturated heterocycles. The van der Waals surface area contributed by atoms with Crippen molar-refractivity contribution in [3.05, 3.63) is 45.9 Å². The molecule has 0 fully saturated rings. The number of aromatic carboxylic acids is 1. The van der Waals surface area contributed by atoms with Crippen LogP contribution in [0.2, 0.25) is 0 Å². The molecular formula is C14H14N2O2S. The first-order chi connectivity index (χ1) is 9.25. The molecule has 1 unspecified atom stereocenters. The summed E-state index contributed by atoms with van der Waals surface area (Å²) in [6, 6.07) is 4.07. The summed E-state index contributed by atoms with van der Waals surface area (Å²) < 4.78 is 0. The van der Waals surface area contributed by atoms with E-state index in [1.165, 1.54) is 16.6 Å². The van der Waals surface area contributed by atoms with E-state index in [4.69, 9.17) is 0 Å². The molecule has 19 heavy (non-hydrogen) atoms. The van der Waals surface area contributed by atoms with Gasteiger partial charge in [-0.2, -0.15) is 0 Å². The van der Waals surface area contributed by atoms with Crippen LogP contribution in [0.1, 0.15) is 39.7 Å². The third kappa shape index (κ3) is 2.33. The Morgan fingerprint density at radius 1 is 1.47 bits per heavy atom. The summed E-state index contributed by atoms with van der Waals surface area (Å²) in [5, 5.41) is 14.6. The maximum absolute atomic E-state index is 11.2. The van der Waals surface area contributed by atoms with Crippen molar-refractivity contribution in [2.75, 3.05) is 5.32 Å². The van der Waals surface area contributed by atoms with E-state index in [2.05, 4.69) is 21.7 Å². The summed E-state index contributed by atoms with van der Waals surface area (Å²) in [4.78, 5) is 16.5. The highest BCUT2D eigenvalue weighted by atomic mass is 32.1. The van der Waals surface area contributed by atoms with Crippen molar-refractivity contribution in [1.29, 1.82) is 0 Å². The molecule has 0 saturated carbocycles. The topological polar surface area (TPSA) is 62.2 Å². The van der Waals surface area contributed by atoms with Crippen LogP contribution in [0, 0.1) is 0 Å². The lowest BCUT2D eigenvalue weighted by Gasteiger charge is -2.25.